The molecule has 0 N–H and O–H groups in total. The molecule has 0 amide bonds. The van der Waals surface area contributed by atoms with Crippen molar-refractivity contribution in [1.82, 2.24) is 19.2 Å². The Kier molecular flexibility index (Phi) is 4.04. The average Bonchev–Trinajstić information content (AvgIpc) is 2.93. The van der Waals surface area contributed by atoms with E-state index in [0.717, 1.165) is 11.3 Å². The molecule has 0 bridgehead atoms. The summed E-state index contributed by atoms with van der Waals surface area (Å²) in [5.74, 6) is 0.706. The lowest BCUT2D eigenvalue weighted by atomic mass is 10.2. The number of halogens is 1. The second-order valence-electron chi connectivity index (χ2n) is 4.63. The van der Waals surface area contributed by atoms with Gasteiger partial charge >= 0.3 is 5.56 Å². The van der Waals surface area contributed by atoms with Crippen LogP contribution >= 0.6 is 23.4 Å². The third-order valence-electron chi connectivity index (χ3n) is 3.27. The minimum Gasteiger partial charge on any atom is -0.279 e. The van der Waals surface area contributed by atoms with Crippen LogP contribution in [-0.4, -0.2) is 24.9 Å². The van der Waals surface area contributed by atoms with Gasteiger partial charge in [-0.25, -0.2) is 0 Å². The van der Waals surface area contributed by atoms with Gasteiger partial charge in [0.05, 0.1) is 5.69 Å². The Labute approximate surface area is 136 Å². The molecule has 0 aliphatic heterocycles. The minimum absolute atomic E-state index is 0.231. The summed E-state index contributed by atoms with van der Waals surface area (Å²) in [6, 6.07) is 5.46. The summed E-state index contributed by atoms with van der Waals surface area (Å²) in [6.45, 7) is 5.55. The molecule has 5 nitrogen and oxygen atoms in total. The van der Waals surface area contributed by atoms with Crippen molar-refractivity contribution < 1.29 is 0 Å². The van der Waals surface area contributed by atoms with E-state index in [1.54, 1.807) is 28.9 Å². The molecule has 0 aliphatic rings. The molecule has 0 radical (unpaired) electrons. The lowest BCUT2D eigenvalue weighted by Gasteiger charge is -2.10. The molecule has 0 saturated carbocycles. The summed E-state index contributed by atoms with van der Waals surface area (Å²) in [5.41, 5.74) is 1.64. The normalized spacial score (nSPS) is 11.0. The summed E-state index contributed by atoms with van der Waals surface area (Å²) in [6.07, 6.45) is 5.26. The molecular weight excluding hydrogens is 320 g/mol. The standard InChI is InChI=1S/C15H13ClN4OS/c1-3-9-22-15-18-17-13-14(21)19(7-8-20(13)15)12-6-4-5-11(16)10(12)2/h3-8H,1,9H2,2H3. The van der Waals surface area contributed by atoms with Crippen LogP contribution in [0.4, 0.5) is 0 Å². The number of hydrogen-bond donors (Lipinski definition) is 0. The molecule has 1 aromatic carbocycles. The molecule has 0 fully saturated rings. The predicted octanol–water partition coefficient (Wildman–Crippen LogP) is 3.12. The van der Waals surface area contributed by atoms with Gasteiger partial charge in [-0.05, 0) is 24.6 Å². The monoisotopic (exact) mass is 332 g/mol. The highest BCUT2D eigenvalue weighted by Crippen LogP contribution is 2.21. The maximum atomic E-state index is 12.6. The Hall–Kier alpha value is -2.05. The van der Waals surface area contributed by atoms with Crippen LogP contribution in [0, 0.1) is 6.92 Å². The number of benzene rings is 1. The van der Waals surface area contributed by atoms with Gasteiger partial charge in [0.25, 0.3) is 0 Å². The lowest BCUT2D eigenvalue weighted by Crippen LogP contribution is -2.21. The van der Waals surface area contributed by atoms with Gasteiger partial charge in [-0.3, -0.25) is 13.8 Å². The van der Waals surface area contributed by atoms with Crippen molar-refractivity contribution in [3.05, 3.63) is 64.2 Å². The van der Waals surface area contributed by atoms with E-state index < -0.39 is 0 Å². The molecule has 0 atom stereocenters. The van der Waals surface area contributed by atoms with Crippen LogP contribution in [0.1, 0.15) is 5.56 Å². The summed E-state index contributed by atoms with van der Waals surface area (Å²) in [5, 5.41) is 9.35. The molecule has 22 heavy (non-hydrogen) atoms. The second-order valence-corrected chi connectivity index (χ2v) is 6.03. The van der Waals surface area contributed by atoms with Crippen LogP contribution in [0.5, 0.6) is 0 Å². The van der Waals surface area contributed by atoms with Gasteiger partial charge in [0.1, 0.15) is 0 Å². The lowest BCUT2D eigenvalue weighted by molar-refractivity contribution is 0.892. The van der Waals surface area contributed by atoms with E-state index in [1.807, 2.05) is 19.1 Å². The van der Waals surface area contributed by atoms with E-state index in [1.165, 1.54) is 16.3 Å². The summed E-state index contributed by atoms with van der Waals surface area (Å²) in [4.78, 5) is 12.6. The zero-order chi connectivity index (χ0) is 15.7. The largest absolute Gasteiger partial charge is 0.300 e. The van der Waals surface area contributed by atoms with Gasteiger partial charge in [-0.15, -0.1) is 16.8 Å². The number of nitrogens with zero attached hydrogens (tertiary/aromatic N) is 4. The van der Waals surface area contributed by atoms with E-state index in [-0.39, 0.29) is 11.2 Å². The molecule has 112 valence electrons. The number of aromatic nitrogens is 4. The number of hydrogen-bond acceptors (Lipinski definition) is 4. The zero-order valence-corrected chi connectivity index (χ0v) is 13.4. The molecule has 2 heterocycles. The smallest absolute Gasteiger partial charge is 0.279 e. The average molecular weight is 333 g/mol. The highest BCUT2D eigenvalue weighted by Gasteiger charge is 2.13. The molecule has 0 saturated heterocycles. The Morgan fingerprint density at radius 1 is 1.36 bits per heavy atom. The Morgan fingerprint density at radius 3 is 2.95 bits per heavy atom. The SMILES string of the molecule is C=CCSc1nnc2c(=O)n(-c3cccc(Cl)c3C)ccn12. The van der Waals surface area contributed by atoms with Crippen molar-refractivity contribution >= 4 is 29.0 Å². The van der Waals surface area contributed by atoms with Crippen molar-refractivity contribution in [3.8, 4) is 5.69 Å². The molecular formula is C15H13ClN4OS. The first kappa shape index (κ1) is 14.9. The van der Waals surface area contributed by atoms with Crippen LogP contribution in [0.2, 0.25) is 5.02 Å². The van der Waals surface area contributed by atoms with E-state index in [2.05, 4.69) is 16.8 Å². The molecule has 0 aliphatic carbocycles. The van der Waals surface area contributed by atoms with Crippen LogP contribution in [0.3, 0.4) is 0 Å². The van der Waals surface area contributed by atoms with Gasteiger partial charge in [0, 0.05) is 23.2 Å². The summed E-state index contributed by atoms with van der Waals surface area (Å²) in [7, 11) is 0. The first-order chi connectivity index (χ1) is 10.6. The van der Waals surface area contributed by atoms with Gasteiger partial charge in [-0.2, -0.15) is 0 Å². The Morgan fingerprint density at radius 2 is 2.18 bits per heavy atom. The van der Waals surface area contributed by atoms with Gasteiger partial charge in [0.15, 0.2) is 5.16 Å². The molecule has 0 unspecified atom stereocenters. The van der Waals surface area contributed by atoms with E-state index in [0.29, 0.717) is 15.9 Å². The van der Waals surface area contributed by atoms with Crippen molar-refractivity contribution in [2.24, 2.45) is 0 Å². The second kappa shape index (κ2) is 5.98. The maximum absolute atomic E-state index is 12.6. The van der Waals surface area contributed by atoms with Crippen molar-refractivity contribution in [3.63, 3.8) is 0 Å². The third kappa shape index (κ3) is 2.44. The molecule has 7 heteroatoms. The van der Waals surface area contributed by atoms with Crippen molar-refractivity contribution in [2.75, 3.05) is 5.75 Å². The number of thioether (sulfide) groups is 1. The molecule has 2 aromatic heterocycles. The third-order valence-corrected chi connectivity index (χ3v) is 4.62. The van der Waals surface area contributed by atoms with Crippen molar-refractivity contribution in [1.29, 1.82) is 0 Å². The molecule has 0 spiro atoms. The van der Waals surface area contributed by atoms with Crippen LogP contribution in [0.25, 0.3) is 11.3 Å². The Bertz CT molecular complexity index is 916. The molecule has 3 aromatic rings. The highest BCUT2D eigenvalue weighted by molar-refractivity contribution is 7.99. The van der Waals surface area contributed by atoms with Gasteiger partial charge < -0.3 is 0 Å². The topological polar surface area (TPSA) is 52.2 Å². The summed E-state index contributed by atoms with van der Waals surface area (Å²) >= 11 is 7.61. The van der Waals surface area contributed by atoms with Crippen LogP contribution in [-0.2, 0) is 0 Å². The maximum Gasteiger partial charge on any atom is 0.300 e. The van der Waals surface area contributed by atoms with Gasteiger partial charge in [-0.1, -0.05) is 35.5 Å². The van der Waals surface area contributed by atoms with Crippen molar-refractivity contribution in [2.45, 2.75) is 12.1 Å². The molecule has 3 rings (SSSR count). The number of rotatable bonds is 4. The van der Waals surface area contributed by atoms with Crippen LogP contribution < -0.4 is 5.56 Å². The Balaban J connectivity index is 2.17. The summed E-state index contributed by atoms with van der Waals surface area (Å²) < 4.78 is 3.22. The van der Waals surface area contributed by atoms with E-state index in [4.69, 9.17) is 11.6 Å². The van der Waals surface area contributed by atoms with Gasteiger partial charge in [0.2, 0.25) is 5.65 Å². The highest BCUT2D eigenvalue weighted by atomic mass is 35.5. The first-order valence-corrected chi connectivity index (χ1v) is 7.95. The fourth-order valence-corrected chi connectivity index (χ4v) is 2.97. The fraction of sp³-hybridized carbons (Fsp3) is 0.133. The van der Waals surface area contributed by atoms with E-state index >= 15 is 0 Å². The van der Waals surface area contributed by atoms with Crippen LogP contribution in [0.15, 0.2) is 53.2 Å². The first-order valence-electron chi connectivity index (χ1n) is 6.59. The zero-order valence-electron chi connectivity index (χ0n) is 11.9. The predicted molar refractivity (Wildman–Crippen MR) is 89.3 cm³/mol. The number of fused-ring (bicyclic) bond motifs is 1. The fourth-order valence-electron chi connectivity index (χ4n) is 2.14. The quantitative estimate of drug-likeness (QED) is 0.544. The minimum atomic E-state index is -0.231. The van der Waals surface area contributed by atoms with E-state index in [9.17, 15) is 4.79 Å².